The molecule has 10 heteroatoms. The Bertz CT molecular complexity index is 721. The summed E-state index contributed by atoms with van der Waals surface area (Å²) in [5.41, 5.74) is -0.291. The second-order valence-electron chi connectivity index (χ2n) is 5.76. The highest BCUT2D eigenvalue weighted by Gasteiger charge is 2.21. The number of carbonyl (C=O) groups is 4. The zero-order valence-electron chi connectivity index (χ0n) is 16.5. The fourth-order valence-electron chi connectivity index (χ4n) is 1.86. The Morgan fingerprint density at radius 1 is 0.800 bits per heavy atom. The second-order valence-corrected chi connectivity index (χ2v) is 5.76. The first-order chi connectivity index (χ1) is 14.3. The molecule has 10 nitrogen and oxygen atoms in total. The van der Waals surface area contributed by atoms with E-state index in [9.17, 15) is 19.2 Å². The van der Waals surface area contributed by atoms with Crippen LogP contribution in [0.15, 0.2) is 49.6 Å². The third kappa shape index (κ3) is 8.67. The van der Waals surface area contributed by atoms with Crippen molar-refractivity contribution in [2.45, 2.75) is 26.1 Å². The Morgan fingerprint density at radius 2 is 1.17 bits per heavy atom. The normalized spacial score (nSPS) is 12.1. The van der Waals surface area contributed by atoms with Gasteiger partial charge in [0.1, 0.15) is 25.4 Å². The van der Waals surface area contributed by atoms with E-state index in [0.29, 0.717) is 0 Å². The molecule has 0 saturated carbocycles. The van der Waals surface area contributed by atoms with E-state index in [0.717, 1.165) is 12.2 Å². The van der Waals surface area contributed by atoms with Crippen molar-refractivity contribution in [3.05, 3.63) is 60.7 Å². The van der Waals surface area contributed by atoms with Crippen LogP contribution in [0.1, 0.15) is 34.6 Å². The van der Waals surface area contributed by atoms with Gasteiger partial charge in [-0.15, -0.1) is 0 Å². The molecule has 2 atom stereocenters. The number of hydrogen-bond donors (Lipinski definition) is 0. The maximum absolute atomic E-state index is 12.2. The third-order valence-corrected chi connectivity index (χ3v) is 3.21. The van der Waals surface area contributed by atoms with Crippen molar-refractivity contribution in [2.75, 3.05) is 13.2 Å². The number of benzene rings is 1. The smallest absolute Gasteiger partial charge is 0.373 e. The van der Waals surface area contributed by atoms with Crippen LogP contribution >= 0.6 is 0 Å². The van der Waals surface area contributed by atoms with E-state index >= 15 is 0 Å². The number of ether oxygens (including phenoxy) is 2. The highest BCUT2D eigenvalue weighted by Crippen LogP contribution is 2.13. The molecular formula is C20H22O10. The van der Waals surface area contributed by atoms with Crippen molar-refractivity contribution in [1.82, 2.24) is 0 Å². The predicted octanol–water partition coefficient (Wildman–Crippen LogP) is 2.10. The summed E-state index contributed by atoms with van der Waals surface area (Å²) < 4.78 is 9.69. The number of rotatable bonds is 12. The molecule has 0 radical (unpaired) electrons. The van der Waals surface area contributed by atoms with E-state index in [1.54, 1.807) is 0 Å². The molecule has 0 aliphatic carbocycles. The SMILES string of the molecule is C=CC(=O)OC(C)COOC(=O)c1ccccc1C(=O)OOCC(C)OC(=O)C=C. The molecule has 0 spiro atoms. The van der Waals surface area contributed by atoms with Gasteiger partial charge in [-0.05, 0) is 26.0 Å². The van der Waals surface area contributed by atoms with Gasteiger partial charge in [0.05, 0.1) is 11.1 Å². The van der Waals surface area contributed by atoms with Crippen molar-refractivity contribution in [1.29, 1.82) is 0 Å². The molecule has 0 heterocycles. The van der Waals surface area contributed by atoms with Crippen LogP contribution in [0.3, 0.4) is 0 Å². The topological polar surface area (TPSA) is 124 Å². The molecule has 0 amide bonds. The van der Waals surface area contributed by atoms with Gasteiger partial charge in [-0.25, -0.2) is 19.2 Å². The number of carbonyl (C=O) groups excluding carboxylic acids is 4. The van der Waals surface area contributed by atoms with E-state index in [-0.39, 0.29) is 24.3 Å². The predicted molar refractivity (Wildman–Crippen MR) is 101 cm³/mol. The summed E-state index contributed by atoms with van der Waals surface area (Å²) in [7, 11) is 0. The van der Waals surface area contributed by atoms with Crippen LogP contribution in [0.25, 0.3) is 0 Å². The lowest BCUT2D eigenvalue weighted by molar-refractivity contribution is -0.256. The van der Waals surface area contributed by atoms with Crippen LogP contribution in [0.2, 0.25) is 0 Å². The summed E-state index contributed by atoms with van der Waals surface area (Å²) in [4.78, 5) is 65.2. The standard InChI is InChI=1S/C20H22O10/c1-5-17(21)27-13(3)11-25-29-19(23)15-9-7-8-10-16(15)20(24)30-26-12-14(4)28-18(22)6-2/h5-10,13-14H,1-2,11-12H2,3-4H3. The molecule has 1 rings (SSSR count). The molecule has 0 saturated heterocycles. The summed E-state index contributed by atoms with van der Waals surface area (Å²) in [5.74, 6) is -3.26. The molecule has 30 heavy (non-hydrogen) atoms. The van der Waals surface area contributed by atoms with Crippen LogP contribution in [0, 0.1) is 0 Å². The van der Waals surface area contributed by atoms with Crippen molar-refractivity contribution in [3.63, 3.8) is 0 Å². The highest BCUT2D eigenvalue weighted by molar-refractivity contribution is 6.02. The fraction of sp³-hybridized carbons (Fsp3) is 0.300. The van der Waals surface area contributed by atoms with Gasteiger partial charge in [0.2, 0.25) is 0 Å². The van der Waals surface area contributed by atoms with Crippen molar-refractivity contribution < 1.29 is 48.2 Å². The quantitative estimate of drug-likeness (QED) is 0.214. The summed E-state index contributed by atoms with van der Waals surface area (Å²) in [6.45, 7) is 9.08. The first-order valence-corrected chi connectivity index (χ1v) is 8.71. The maximum Gasteiger partial charge on any atom is 0.373 e. The fourth-order valence-corrected chi connectivity index (χ4v) is 1.86. The molecule has 1 aromatic rings. The Labute approximate surface area is 172 Å². The van der Waals surface area contributed by atoms with Crippen molar-refractivity contribution >= 4 is 23.9 Å². The second kappa shape index (κ2) is 12.9. The molecule has 0 aromatic heterocycles. The van der Waals surface area contributed by atoms with E-state index in [4.69, 9.17) is 19.2 Å². The summed E-state index contributed by atoms with van der Waals surface area (Å²) >= 11 is 0. The average molecular weight is 422 g/mol. The van der Waals surface area contributed by atoms with Crippen molar-refractivity contribution in [3.8, 4) is 0 Å². The number of esters is 2. The highest BCUT2D eigenvalue weighted by atomic mass is 17.2. The maximum atomic E-state index is 12.2. The zero-order valence-corrected chi connectivity index (χ0v) is 16.5. The average Bonchev–Trinajstić information content (AvgIpc) is 2.73. The monoisotopic (exact) mass is 422 g/mol. The lowest BCUT2D eigenvalue weighted by Gasteiger charge is -2.13. The molecule has 0 N–H and O–H groups in total. The minimum atomic E-state index is -0.974. The van der Waals surface area contributed by atoms with Gasteiger partial charge < -0.3 is 9.47 Å². The lowest BCUT2D eigenvalue weighted by Crippen LogP contribution is -2.22. The van der Waals surface area contributed by atoms with E-state index in [1.807, 2.05) is 0 Å². The summed E-state index contributed by atoms with van der Waals surface area (Å²) in [6, 6.07) is 5.63. The molecule has 162 valence electrons. The lowest BCUT2D eigenvalue weighted by atomic mass is 10.1. The Morgan fingerprint density at radius 3 is 1.50 bits per heavy atom. The molecule has 0 fully saturated rings. The Balaban J connectivity index is 2.57. The van der Waals surface area contributed by atoms with Gasteiger partial charge in [0, 0.05) is 12.2 Å². The molecule has 0 aliphatic rings. The van der Waals surface area contributed by atoms with Gasteiger partial charge in [0.25, 0.3) is 0 Å². The van der Waals surface area contributed by atoms with Crippen LogP contribution in [-0.2, 0) is 38.6 Å². The van der Waals surface area contributed by atoms with Crippen LogP contribution < -0.4 is 0 Å². The van der Waals surface area contributed by atoms with Gasteiger partial charge in [-0.2, -0.15) is 9.78 Å². The summed E-state index contributed by atoms with van der Waals surface area (Å²) in [6.07, 6.45) is 0.566. The zero-order chi connectivity index (χ0) is 22.5. The molecule has 0 aliphatic heterocycles. The van der Waals surface area contributed by atoms with Gasteiger partial charge in [-0.1, -0.05) is 25.3 Å². The van der Waals surface area contributed by atoms with Crippen LogP contribution in [0.4, 0.5) is 0 Å². The van der Waals surface area contributed by atoms with E-state index in [2.05, 4.69) is 22.9 Å². The Hall–Kier alpha value is -3.50. The van der Waals surface area contributed by atoms with E-state index in [1.165, 1.54) is 38.1 Å². The first kappa shape index (κ1) is 24.5. The Kier molecular flexibility index (Phi) is 10.5. The molecular weight excluding hydrogens is 400 g/mol. The first-order valence-electron chi connectivity index (χ1n) is 8.71. The minimum Gasteiger partial charge on any atom is -0.457 e. The van der Waals surface area contributed by atoms with Gasteiger partial charge in [0.15, 0.2) is 0 Å². The molecule has 2 unspecified atom stereocenters. The van der Waals surface area contributed by atoms with Crippen LogP contribution in [-0.4, -0.2) is 49.3 Å². The van der Waals surface area contributed by atoms with Crippen LogP contribution in [0.5, 0.6) is 0 Å². The van der Waals surface area contributed by atoms with Gasteiger partial charge in [-0.3, -0.25) is 9.78 Å². The minimum absolute atomic E-state index is 0.145. The largest absolute Gasteiger partial charge is 0.457 e. The molecule has 0 bridgehead atoms. The van der Waals surface area contributed by atoms with Gasteiger partial charge >= 0.3 is 23.9 Å². The molecule has 1 aromatic carbocycles. The van der Waals surface area contributed by atoms with Crippen molar-refractivity contribution in [2.24, 2.45) is 0 Å². The third-order valence-electron chi connectivity index (χ3n) is 3.21. The van der Waals surface area contributed by atoms with E-state index < -0.39 is 36.1 Å². The summed E-state index contributed by atoms with van der Waals surface area (Å²) in [5, 5.41) is 0. The number of hydrogen-bond acceptors (Lipinski definition) is 10.